The maximum absolute atomic E-state index is 13.3. The summed E-state index contributed by atoms with van der Waals surface area (Å²) in [7, 11) is 1.56. The summed E-state index contributed by atoms with van der Waals surface area (Å²) in [4.78, 5) is 30.5. The Morgan fingerprint density at radius 2 is 1.97 bits per heavy atom. The summed E-state index contributed by atoms with van der Waals surface area (Å²) in [6.07, 6.45) is 3.49. The number of rotatable bonds is 17. The zero-order valence-electron chi connectivity index (χ0n) is 23.4. The molecule has 1 fully saturated rings. The van der Waals surface area contributed by atoms with Crippen molar-refractivity contribution in [1.29, 1.82) is 0 Å². The van der Waals surface area contributed by atoms with E-state index in [9.17, 15) is 19.8 Å². The molecule has 0 amide bonds. The number of aromatic nitrogens is 1. The van der Waals surface area contributed by atoms with Crippen LogP contribution in [0.3, 0.4) is 0 Å². The van der Waals surface area contributed by atoms with Gasteiger partial charge in [-0.1, -0.05) is 65.2 Å². The Balaban J connectivity index is 2.00. The Labute approximate surface area is 225 Å². The van der Waals surface area contributed by atoms with Crippen molar-refractivity contribution in [3.05, 3.63) is 16.6 Å². The van der Waals surface area contributed by atoms with Crippen LogP contribution in [0.1, 0.15) is 85.8 Å². The van der Waals surface area contributed by atoms with Gasteiger partial charge in [0.2, 0.25) is 0 Å². The van der Waals surface area contributed by atoms with Gasteiger partial charge in [0.25, 0.3) is 5.19 Å². The largest absolute Gasteiger partial charge is 0.473 e. The first-order chi connectivity index (χ1) is 17.4. The van der Waals surface area contributed by atoms with Gasteiger partial charge in [-0.3, -0.25) is 9.59 Å². The molecule has 0 radical (unpaired) electrons. The van der Waals surface area contributed by atoms with Crippen LogP contribution in [-0.4, -0.2) is 65.1 Å². The van der Waals surface area contributed by atoms with Crippen LogP contribution in [0, 0.1) is 17.3 Å². The van der Waals surface area contributed by atoms with E-state index in [2.05, 4.69) is 11.9 Å². The molecule has 37 heavy (non-hydrogen) atoms. The number of unbranched alkanes of at least 4 members (excludes halogenated alkanes) is 2. The lowest BCUT2D eigenvalue weighted by atomic mass is 9.73. The molecule has 0 unspecified atom stereocenters. The Kier molecular flexibility index (Phi) is 12.2. The van der Waals surface area contributed by atoms with E-state index in [1.54, 1.807) is 27.9 Å². The quantitative estimate of drug-likeness (QED) is 0.164. The lowest BCUT2D eigenvalue weighted by Crippen LogP contribution is -2.45. The van der Waals surface area contributed by atoms with Crippen LogP contribution >= 0.6 is 11.3 Å². The summed E-state index contributed by atoms with van der Waals surface area (Å²) in [5.74, 6) is -1.54. The summed E-state index contributed by atoms with van der Waals surface area (Å²) in [6, 6.07) is 0. The van der Waals surface area contributed by atoms with Gasteiger partial charge in [-0.15, -0.1) is 0 Å². The number of aliphatic hydroxyl groups is 2. The molecular formula is C28H45NO7S. The van der Waals surface area contributed by atoms with Crippen molar-refractivity contribution in [3.63, 3.8) is 0 Å². The Hall–Kier alpha value is -1.81. The molecule has 9 heteroatoms. The number of thiazole rings is 1. The van der Waals surface area contributed by atoms with Gasteiger partial charge in [0, 0.05) is 17.7 Å². The number of methoxy groups -OCH3 is 1. The van der Waals surface area contributed by atoms with Crippen molar-refractivity contribution in [2.45, 2.75) is 104 Å². The van der Waals surface area contributed by atoms with Gasteiger partial charge in [-0.2, -0.15) is 0 Å². The Morgan fingerprint density at radius 3 is 2.54 bits per heavy atom. The number of aliphatic hydroxyl groups excluding tert-OH is 2. The van der Waals surface area contributed by atoms with E-state index < -0.39 is 35.6 Å². The molecule has 1 aliphatic rings. The number of nitrogens with zero attached hydrogens (tertiary/aromatic N) is 1. The highest BCUT2D eigenvalue weighted by atomic mass is 32.1. The third-order valence-electron chi connectivity index (χ3n) is 7.31. The average molecular weight is 540 g/mol. The number of ketones is 1. The van der Waals surface area contributed by atoms with Gasteiger partial charge in [-0.05, 0) is 30.9 Å². The molecule has 0 aliphatic carbocycles. The minimum atomic E-state index is -1.25. The Morgan fingerprint density at radius 1 is 1.30 bits per heavy atom. The SMILES string of the molecule is CCCCC[C@H](C)[C@H](O)[C@@H](C)C(=O)C(C)(C)[C@@H](O)CC(=O)O[C@@H](C[C@H]1CO1)/C(C)=C/c1csc(OC)n1. The van der Waals surface area contributed by atoms with Crippen molar-refractivity contribution < 1.29 is 34.0 Å². The van der Waals surface area contributed by atoms with E-state index in [-0.39, 0.29) is 24.2 Å². The first-order valence-corrected chi connectivity index (χ1v) is 14.2. The molecule has 1 aromatic rings. The number of ether oxygens (including phenoxy) is 3. The summed E-state index contributed by atoms with van der Waals surface area (Å²) >= 11 is 1.37. The van der Waals surface area contributed by atoms with Gasteiger partial charge < -0.3 is 24.4 Å². The second-order valence-corrected chi connectivity index (χ2v) is 11.7. The van der Waals surface area contributed by atoms with Crippen molar-refractivity contribution in [2.24, 2.45) is 17.3 Å². The van der Waals surface area contributed by atoms with Crippen LogP contribution in [0.5, 0.6) is 5.19 Å². The van der Waals surface area contributed by atoms with Crippen molar-refractivity contribution in [2.75, 3.05) is 13.7 Å². The predicted molar refractivity (Wildman–Crippen MR) is 144 cm³/mol. The minimum absolute atomic E-state index is 0.0238. The monoisotopic (exact) mass is 539 g/mol. The van der Waals surface area contributed by atoms with Crippen LogP contribution in [0.2, 0.25) is 0 Å². The lowest BCUT2D eigenvalue weighted by Gasteiger charge is -2.34. The molecule has 210 valence electrons. The lowest BCUT2D eigenvalue weighted by molar-refractivity contribution is -0.154. The van der Waals surface area contributed by atoms with Crippen LogP contribution < -0.4 is 4.74 Å². The maximum atomic E-state index is 13.3. The van der Waals surface area contributed by atoms with Crippen LogP contribution in [-0.2, 0) is 19.1 Å². The first kappa shape index (κ1) is 31.4. The molecule has 2 rings (SSSR count). The highest BCUT2D eigenvalue weighted by molar-refractivity contribution is 7.11. The van der Waals surface area contributed by atoms with Gasteiger partial charge in [0.05, 0.1) is 49.6 Å². The minimum Gasteiger partial charge on any atom is -0.473 e. The highest BCUT2D eigenvalue weighted by Gasteiger charge is 2.42. The van der Waals surface area contributed by atoms with E-state index in [1.807, 2.05) is 25.3 Å². The number of epoxide rings is 1. The summed E-state index contributed by atoms with van der Waals surface area (Å²) in [5, 5.41) is 24.1. The van der Waals surface area contributed by atoms with Gasteiger partial charge in [-0.25, -0.2) is 4.98 Å². The Bertz CT molecular complexity index is 908. The zero-order valence-corrected chi connectivity index (χ0v) is 24.2. The second kappa shape index (κ2) is 14.4. The fourth-order valence-electron chi connectivity index (χ4n) is 4.43. The first-order valence-electron chi connectivity index (χ1n) is 13.3. The molecule has 2 N–H and O–H groups in total. The van der Waals surface area contributed by atoms with Gasteiger partial charge in [0.1, 0.15) is 11.9 Å². The fraction of sp³-hybridized carbons (Fsp3) is 0.750. The van der Waals surface area contributed by atoms with Crippen LogP contribution in [0.25, 0.3) is 6.08 Å². The standard InChI is InChI=1S/C28H45NO7S/c1-8-9-10-11-17(2)25(32)19(4)26(33)28(5,6)23(30)14-24(31)36-22(13-21-15-35-21)18(3)12-20-16-37-27(29-20)34-7/h12,16-17,19,21-23,25,30,32H,8-11,13-15H2,1-7H3/b18-12+/t17-,19+,21-,22-,23-,25-/m0/s1. The van der Waals surface area contributed by atoms with Crippen LogP contribution in [0.15, 0.2) is 11.0 Å². The molecule has 0 saturated carbocycles. The normalized spacial score (nSPS) is 20.0. The van der Waals surface area contributed by atoms with Crippen LogP contribution in [0.4, 0.5) is 0 Å². The van der Waals surface area contributed by atoms with E-state index in [0.717, 1.165) is 31.3 Å². The number of Topliss-reactive ketones (excluding diaryl/α,β-unsaturated/α-hetero) is 1. The molecule has 1 aliphatic heterocycles. The van der Waals surface area contributed by atoms with Gasteiger partial charge in [0.15, 0.2) is 0 Å². The van der Waals surface area contributed by atoms with E-state index in [4.69, 9.17) is 14.2 Å². The smallest absolute Gasteiger partial charge is 0.309 e. The topological polar surface area (TPSA) is 118 Å². The summed E-state index contributed by atoms with van der Waals surface area (Å²) in [6.45, 7) is 11.5. The molecule has 0 spiro atoms. The third kappa shape index (κ3) is 9.46. The zero-order chi connectivity index (χ0) is 27.8. The predicted octanol–water partition coefficient (Wildman–Crippen LogP) is 4.82. The molecule has 1 aromatic heterocycles. The molecule has 6 atom stereocenters. The number of carbonyl (C=O) groups is 2. The molecule has 8 nitrogen and oxygen atoms in total. The van der Waals surface area contributed by atoms with E-state index in [0.29, 0.717) is 23.9 Å². The summed E-state index contributed by atoms with van der Waals surface area (Å²) < 4.78 is 16.2. The highest BCUT2D eigenvalue weighted by Crippen LogP contribution is 2.32. The second-order valence-electron chi connectivity index (χ2n) is 10.9. The van der Waals surface area contributed by atoms with Crippen molar-refractivity contribution >= 4 is 29.2 Å². The van der Waals surface area contributed by atoms with Crippen molar-refractivity contribution in [3.8, 4) is 5.19 Å². The molecule has 2 heterocycles. The van der Waals surface area contributed by atoms with E-state index in [1.165, 1.54) is 11.3 Å². The molecule has 0 aromatic carbocycles. The molecular weight excluding hydrogens is 494 g/mol. The van der Waals surface area contributed by atoms with Crippen molar-refractivity contribution in [1.82, 2.24) is 4.98 Å². The number of carbonyl (C=O) groups excluding carboxylic acids is 2. The number of hydrogen-bond acceptors (Lipinski definition) is 9. The maximum Gasteiger partial charge on any atom is 0.309 e. The van der Waals surface area contributed by atoms with Gasteiger partial charge >= 0.3 is 5.97 Å². The number of hydrogen-bond donors (Lipinski definition) is 2. The average Bonchev–Trinajstić information content (AvgIpc) is 3.57. The fourth-order valence-corrected chi connectivity index (χ4v) is 5.03. The molecule has 1 saturated heterocycles. The number of esters is 1. The molecule has 0 bridgehead atoms. The summed E-state index contributed by atoms with van der Waals surface area (Å²) in [5.41, 5.74) is 0.287. The third-order valence-corrected chi connectivity index (χ3v) is 8.13. The van der Waals surface area contributed by atoms with E-state index >= 15 is 0 Å².